The van der Waals surface area contributed by atoms with Crippen LogP contribution in [0.5, 0.6) is 0 Å². The van der Waals surface area contributed by atoms with Crippen LogP contribution in [0.3, 0.4) is 0 Å². The van der Waals surface area contributed by atoms with Gasteiger partial charge in [-0.15, -0.1) is 0 Å². The molecule has 5 N–H and O–H groups in total. The van der Waals surface area contributed by atoms with E-state index in [9.17, 15) is 24.3 Å². The number of nitrogens with one attached hydrogen (secondary N) is 4. The van der Waals surface area contributed by atoms with Gasteiger partial charge in [-0.1, -0.05) is 60.7 Å². The minimum Gasteiger partial charge on any atom is -0.478 e. The number of nitrogens with zero attached hydrogens (tertiary/aromatic N) is 4. The lowest BCUT2D eigenvalue weighted by molar-refractivity contribution is 0.0186. The van der Waals surface area contributed by atoms with E-state index in [2.05, 4.69) is 101 Å². The number of halogens is 1. The molecule has 2 aliphatic heterocycles. The number of aryl methyl sites for hydroxylation is 4. The summed E-state index contributed by atoms with van der Waals surface area (Å²) < 4.78 is 15.5. The molecule has 0 aliphatic carbocycles. The van der Waals surface area contributed by atoms with Crippen LogP contribution in [-0.2, 0) is 22.6 Å². The molecule has 15 nitrogen and oxygen atoms in total. The third kappa shape index (κ3) is 12.4. The smallest absolute Gasteiger partial charge is 0.336 e. The van der Waals surface area contributed by atoms with E-state index in [1.54, 1.807) is 6.07 Å². The van der Waals surface area contributed by atoms with Crippen LogP contribution in [0, 0.1) is 41.5 Å². The van der Waals surface area contributed by atoms with Crippen LogP contribution in [0.4, 0.5) is 0 Å². The van der Waals surface area contributed by atoms with Crippen LogP contribution in [0.15, 0.2) is 119 Å². The van der Waals surface area contributed by atoms with Gasteiger partial charge in [-0.2, -0.15) is 0 Å². The van der Waals surface area contributed by atoms with Gasteiger partial charge in [-0.05, 0) is 137 Å². The zero-order chi connectivity index (χ0) is 54.2. The minimum absolute atomic E-state index is 0.0688. The average Bonchev–Trinajstić information content (AvgIpc) is 4.09. The molecule has 2 aliphatic rings. The van der Waals surface area contributed by atoms with E-state index in [4.69, 9.17) is 21.3 Å². The molecule has 0 bridgehead atoms. The maximum Gasteiger partial charge on any atom is 0.336 e. The summed E-state index contributed by atoms with van der Waals surface area (Å²) >= 11 is 5.32. The van der Waals surface area contributed by atoms with E-state index >= 15 is 0 Å². The molecule has 16 heteroatoms. The normalized spacial score (nSPS) is 14.9. The van der Waals surface area contributed by atoms with Crippen molar-refractivity contribution in [3.8, 4) is 22.3 Å². The van der Waals surface area contributed by atoms with Gasteiger partial charge in [0.05, 0.1) is 32.0 Å². The second kappa shape index (κ2) is 24.7. The number of aromatic amines is 2. The molecular formula is C60H69ClN8O7. The highest BCUT2D eigenvalue weighted by Crippen LogP contribution is 2.34. The summed E-state index contributed by atoms with van der Waals surface area (Å²) in [6.07, 6.45) is 4.29. The minimum atomic E-state index is -0.882. The molecule has 8 aromatic rings. The van der Waals surface area contributed by atoms with Crippen molar-refractivity contribution in [1.82, 2.24) is 38.7 Å². The van der Waals surface area contributed by atoms with Crippen LogP contribution >= 0.6 is 11.8 Å². The number of carbonyl (C=O) groups is 2. The summed E-state index contributed by atoms with van der Waals surface area (Å²) in [6.45, 7) is 22.6. The first-order valence-electron chi connectivity index (χ1n) is 25.8. The number of fused-ring (bicyclic) bond motifs is 2. The number of carboxylic acid groups (broad SMARTS) is 1. The first-order chi connectivity index (χ1) is 36.5. The number of H-pyrrole nitrogens is 2. The molecule has 76 heavy (non-hydrogen) atoms. The van der Waals surface area contributed by atoms with Gasteiger partial charge in [-0.25, -0.2) is 9.63 Å². The van der Waals surface area contributed by atoms with Crippen molar-refractivity contribution in [3.05, 3.63) is 197 Å². The molecule has 0 radical (unpaired) electrons. The maximum atomic E-state index is 13.5. The van der Waals surface area contributed by atoms with Crippen LogP contribution < -0.4 is 21.3 Å². The predicted molar refractivity (Wildman–Crippen MR) is 301 cm³/mol. The number of aromatic carboxylic acids is 1. The molecule has 8 heterocycles. The van der Waals surface area contributed by atoms with Gasteiger partial charge in [-0.3, -0.25) is 24.2 Å². The first-order valence-corrected chi connectivity index (χ1v) is 26.2. The number of hydrogen-bond acceptors (Lipinski definition) is 9. The fourth-order valence-corrected chi connectivity index (χ4v) is 10.8. The number of rotatable bonds is 12. The van der Waals surface area contributed by atoms with E-state index in [0.29, 0.717) is 55.2 Å². The number of hydrogen-bond donors (Lipinski definition) is 5. The lowest BCUT2D eigenvalue weighted by Crippen LogP contribution is -2.39. The van der Waals surface area contributed by atoms with Gasteiger partial charge in [0.1, 0.15) is 0 Å². The molecule has 2 unspecified atom stereocenters. The second-order valence-corrected chi connectivity index (χ2v) is 20.0. The van der Waals surface area contributed by atoms with Crippen molar-refractivity contribution in [3.63, 3.8) is 0 Å². The molecule has 2 fully saturated rings. The van der Waals surface area contributed by atoms with Gasteiger partial charge in [0.25, 0.3) is 17.0 Å². The van der Waals surface area contributed by atoms with Crippen LogP contribution in [0.25, 0.3) is 33.3 Å². The number of ether oxygens (including phenoxy) is 2. The molecule has 2 aromatic carbocycles. The highest BCUT2D eigenvalue weighted by atomic mass is 35.5. The third-order valence-corrected chi connectivity index (χ3v) is 14.8. The van der Waals surface area contributed by atoms with E-state index in [1.165, 1.54) is 0 Å². The second-order valence-electron chi connectivity index (χ2n) is 19.7. The molecule has 2 saturated heterocycles. The van der Waals surface area contributed by atoms with Crippen molar-refractivity contribution in [2.45, 2.75) is 80.6 Å². The Morgan fingerprint density at radius 1 is 0.592 bits per heavy atom. The summed E-state index contributed by atoms with van der Waals surface area (Å²) in [5, 5.41) is 12.7. The molecule has 2 atom stereocenters. The molecule has 10 rings (SSSR count). The van der Waals surface area contributed by atoms with Gasteiger partial charge in [0, 0.05) is 125 Å². The highest BCUT2D eigenvalue weighted by molar-refractivity contribution is 6.13. The molecule has 398 valence electrons. The van der Waals surface area contributed by atoms with E-state index in [1.807, 2.05) is 96.1 Å². The van der Waals surface area contributed by atoms with Gasteiger partial charge < -0.3 is 38.7 Å². The molecule has 0 saturated carbocycles. The van der Waals surface area contributed by atoms with E-state index in [0.717, 1.165) is 104 Å². The van der Waals surface area contributed by atoms with E-state index < -0.39 is 5.97 Å². The Labute approximate surface area is 448 Å². The summed E-state index contributed by atoms with van der Waals surface area (Å²) in [6, 6.07) is 32.4. The van der Waals surface area contributed by atoms with Crippen molar-refractivity contribution in [2.75, 3.05) is 52.6 Å². The number of pyridine rings is 4. The standard InChI is InChI=1S/C30H34N4O3.C22H24N2O3.C8H11ClN2O/c1-19-14-20(2)32-30(36)27(19)17-31-29(35)26-16-25-15-24(23-8-6-5-7-9-23)18-34(25)28(21(26)3)22(4)33-10-12-37-13-11-33;1-15-20(22(25)26)13-19-12-18(17-6-4-3-5-7-17)14-24(19)21(15)16(2)23-8-10-27-11-9-23;1-5-3-6(2)11-8(12)7(5)4-10-9/h5-9,14-16,18,22H,10-13,17H2,1-4H3,(H,31,35)(H,32,36);3-7,12-14,16H,8-11H2,1-2H3,(H,25,26);3,10H,4H2,1-2H3,(H,11,12). The Morgan fingerprint density at radius 2 is 1.00 bits per heavy atom. The SMILES string of the molecule is Cc1c(C(=O)O)cc2cc(-c3ccccc3)cn2c1C(C)N1CCOCC1.Cc1cc(C)c(CNC(=O)c2cc3cc(-c4ccccc4)cn3c(C(C)N3CCOCC3)c2C)c(=O)[nH]1.Cc1cc(C)c(CNCl)c(=O)[nH]1. The zero-order valence-corrected chi connectivity index (χ0v) is 45.4. The summed E-state index contributed by atoms with van der Waals surface area (Å²) in [7, 11) is 0. The van der Waals surface area contributed by atoms with Crippen LogP contribution in [0.1, 0.15) is 103 Å². The fourth-order valence-electron chi connectivity index (χ4n) is 10.6. The van der Waals surface area contributed by atoms with Gasteiger partial charge >= 0.3 is 5.97 Å². The quantitative estimate of drug-likeness (QED) is 0.0741. The van der Waals surface area contributed by atoms with Crippen LogP contribution in [0.2, 0.25) is 0 Å². The lowest BCUT2D eigenvalue weighted by Gasteiger charge is -2.34. The average molecular weight is 1050 g/mol. The summed E-state index contributed by atoms with van der Waals surface area (Å²) in [5.74, 6) is -1.06. The van der Waals surface area contributed by atoms with Gasteiger partial charge in [0.15, 0.2) is 0 Å². The number of aromatic nitrogens is 4. The van der Waals surface area contributed by atoms with Crippen LogP contribution in [-0.4, -0.2) is 98.2 Å². The summed E-state index contributed by atoms with van der Waals surface area (Å²) in [4.78, 5) is 61.9. The maximum absolute atomic E-state index is 13.5. The molecule has 0 spiro atoms. The Hall–Kier alpha value is -7.11. The first kappa shape index (κ1) is 55.1. The predicted octanol–water partition coefficient (Wildman–Crippen LogP) is 9.78. The zero-order valence-electron chi connectivity index (χ0n) is 44.7. The topological polar surface area (TPSA) is 178 Å². The number of morpholine rings is 2. The van der Waals surface area contributed by atoms with Crippen molar-refractivity contribution < 1.29 is 24.2 Å². The Bertz CT molecular complexity index is 3460. The third-order valence-electron chi connectivity index (χ3n) is 14.7. The molecular weight excluding hydrogens is 980 g/mol. The van der Waals surface area contributed by atoms with Gasteiger partial charge in [0.2, 0.25) is 0 Å². The number of carbonyl (C=O) groups excluding carboxylic acids is 1. The van der Waals surface area contributed by atoms with E-state index in [-0.39, 0.29) is 35.7 Å². The Morgan fingerprint density at radius 3 is 1.41 bits per heavy atom. The number of benzene rings is 2. The largest absolute Gasteiger partial charge is 0.478 e. The van der Waals surface area contributed by atoms with Crippen molar-refractivity contribution in [2.24, 2.45) is 0 Å². The lowest BCUT2D eigenvalue weighted by atomic mass is 10.0. The fraction of sp³-hybridized carbons (Fsp3) is 0.333. The van der Waals surface area contributed by atoms with Crippen molar-refractivity contribution >= 4 is 34.7 Å². The molecule has 1 amide bonds. The number of amides is 1. The Balaban J connectivity index is 0.000000171. The monoisotopic (exact) mass is 1050 g/mol. The highest BCUT2D eigenvalue weighted by Gasteiger charge is 2.28. The number of carboxylic acids is 1. The molecule has 6 aromatic heterocycles. The Kier molecular flexibility index (Phi) is 17.9. The van der Waals surface area contributed by atoms with Crippen molar-refractivity contribution in [1.29, 1.82) is 0 Å². The summed E-state index contributed by atoms with van der Waals surface area (Å²) in [5.41, 5.74) is 15.8.